The van der Waals surface area contributed by atoms with Gasteiger partial charge in [0.15, 0.2) is 0 Å². The summed E-state index contributed by atoms with van der Waals surface area (Å²) in [5, 5.41) is 0. The van der Waals surface area contributed by atoms with E-state index in [0.717, 1.165) is 0 Å². The van der Waals surface area contributed by atoms with Crippen LogP contribution in [-0.4, -0.2) is 13.1 Å². The van der Waals surface area contributed by atoms with Crippen molar-refractivity contribution in [1.29, 1.82) is 0 Å². The van der Waals surface area contributed by atoms with Crippen molar-refractivity contribution < 1.29 is 0 Å². The molecule has 0 bridgehead atoms. The fourth-order valence-electron chi connectivity index (χ4n) is 2.87. The van der Waals surface area contributed by atoms with Gasteiger partial charge in [0.25, 0.3) is 0 Å². The molecule has 0 heterocycles. The van der Waals surface area contributed by atoms with Crippen LogP contribution in [0.3, 0.4) is 0 Å². The number of benzene rings is 1. The molecule has 0 unspecified atom stereocenters. The Morgan fingerprint density at radius 1 is 1.06 bits per heavy atom. The highest BCUT2D eigenvalue weighted by Gasteiger charge is 2.17. The minimum Gasteiger partial charge on any atom is -0.372 e. The Labute approximate surface area is 111 Å². The van der Waals surface area contributed by atoms with Gasteiger partial charge >= 0.3 is 0 Å². The van der Waals surface area contributed by atoms with Crippen molar-refractivity contribution in [2.45, 2.75) is 57.5 Å². The zero-order valence-corrected chi connectivity index (χ0v) is 11.7. The Balaban J connectivity index is 2.05. The number of anilines is 1. The maximum atomic E-state index is 5.89. The number of hydrogen-bond donors (Lipinski definition) is 1. The van der Waals surface area contributed by atoms with Crippen LogP contribution in [-0.2, 0) is 0 Å². The van der Waals surface area contributed by atoms with Gasteiger partial charge in [-0.05, 0) is 37.5 Å². The summed E-state index contributed by atoms with van der Waals surface area (Å²) < 4.78 is 0. The van der Waals surface area contributed by atoms with E-state index in [1.807, 2.05) is 6.92 Å². The van der Waals surface area contributed by atoms with Crippen molar-refractivity contribution in [3.8, 4) is 0 Å². The first-order valence-electron chi connectivity index (χ1n) is 7.27. The van der Waals surface area contributed by atoms with Gasteiger partial charge in [-0.25, -0.2) is 0 Å². The Kier molecular flexibility index (Phi) is 4.65. The van der Waals surface area contributed by atoms with Crippen molar-refractivity contribution in [2.75, 3.05) is 11.9 Å². The number of hydrogen-bond acceptors (Lipinski definition) is 2. The molecular formula is C16H26N2. The van der Waals surface area contributed by atoms with Crippen molar-refractivity contribution in [1.82, 2.24) is 0 Å². The van der Waals surface area contributed by atoms with E-state index < -0.39 is 0 Å². The lowest BCUT2D eigenvalue weighted by molar-refractivity contribution is 0.553. The minimum absolute atomic E-state index is 0.127. The molecule has 0 aromatic heterocycles. The summed E-state index contributed by atoms with van der Waals surface area (Å²) in [6.45, 7) is 2.03. The standard InChI is InChI=1S/C16H26N2/c1-13(17)14-9-11-16(12-10-14)18(2)15-7-5-3-4-6-8-15/h9-13,15H,3-8,17H2,1-2H3/t13-/m0/s1. The van der Waals surface area contributed by atoms with Crippen LogP contribution < -0.4 is 10.6 Å². The molecule has 0 spiro atoms. The van der Waals surface area contributed by atoms with Gasteiger partial charge in [0.1, 0.15) is 0 Å². The van der Waals surface area contributed by atoms with Gasteiger partial charge in [-0.15, -0.1) is 0 Å². The van der Waals surface area contributed by atoms with E-state index >= 15 is 0 Å². The van der Waals surface area contributed by atoms with Gasteiger partial charge in [-0.3, -0.25) is 0 Å². The molecule has 1 aromatic carbocycles. The van der Waals surface area contributed by atoms with Crippen LogP contribution in [0.1, 0.15) is 57.1 Å². The van der Waals surface area contributed by atoms with Crippen LogP contribution >= 0.6 is 0 Å². The molecule has 0 aliphatic heterocycles. The topological polar surface area (TPSA) is 29.3 Å². The SMILES string of the molecule is C[C@H](N)c1ccc(N(C)C2CCCCCC2)cc1. The Morgan fingerprint density at radius 3 is 2.11 bits per heavy atom. The second-order valence-electron chi connectivity index (χ2n) is 5.64. The molecule has 2 nitrogen and oxygen atoms in total. The maximum Gasteiger partial charge on any atom is 0.0366 e. The van der Waals surface area contributed by atoms with Crippen LogP contribution in [0.2, 0.25) is 0 Å². The average molecular weight is 246 g/mol. The molecule has 0 radical (unpaired) electrons. The smallest absolute Gasteiger partial charge is 0.0366 e. The first-order valence-corrected chi connectivity index (χ1v) is 7.27. The number of nitrogens with two attached hydrogens (primary N) is 1. The van der Waals surface area contributed by atoms with Gasteiger partial charge in [0.05, 0.1) is 0 Å². The van der Waals surface area contributed by atoms with Crippen molar-refractivity contribution in [2.24, 2.45) is 5.73 Å². The quantitative estimate of drug-likeness (QED) is 0.820. The summed E-state index contributed by atoms with van der Waals surface area (Å²) in [7, 11) is 2.23. The van der Waals surface area contributed by atoms with Crippen molar-refractivity contribution in [3.05, 3.63) is 29.8 Å². The molecule has 18 heavy (non-hydrogen) atoms. The van der Waals surface area contributed by atoms with Gasteiger partial charge < -0.3 is 10.6 Å². The highest BCUT2D eigenvalue weighted by molar-refractivity contribution is 5.48. The second-order valence-corrected chi connectivity index (χ2v) is 5.64. The highest BCUT2D eigenvalue weighted by atomic mass is 15.1. The van der Waals surface area contributed by atoms with E-state index in [0.29, 0.717) is 6.04 Å². The fraction of sp³-hybridized carbons (Fsp3) is 0.625. The molecule has 1 fully saturated rings. The lowest BCUT2D eigenvalue weighted by Crippen LogP contribution is -2.31. The van der Waals surface area contributed by atoms with Crippen LogP contribution in [0.25, 0.3) is 0 Å². The van der Waals surface area contributed by atoms with E-state index in [4.69, 9.17) is 5.73 Å². The molecule has 100 valence electrons. The third kappa shape index (κ3) is 3.26. The largest absolute Gasteiger partial charge is 0.372 e. The van der Waals surface area contributed by atoms with E-state index in [1.54, 1.807) is 0 Å². The molecule has 0 saturated heterocycles. The van der Waals surface area contributed by atoms with Crippen LogP contribution in [0.5, 0.6) is 0 Å². The Hall–Kier alpha value is -1.02. The van der Waals surface area contributed by atoms with Gasteiger partial charge in [-0.1, -0.05) is 37.8 Å². The molecule has 1 atom stereocenters. The van der Waals surface area contributed by atoms with Crippen LogP contribution in [0.4, 0.5) is 5.69 Å². The van der Waals surface area contributed by atoms with Gasteiger partial charge in [-0.2, -0.15) is 0 Å². The number of nitrogens with zero attached hydrogens (tertiary/aromatic N) is 1. The van der Waals surface area contributed by atoms with E-state index in [2.05, 4.69) is 36.2 Å². The molecule has 0 amide bonds. The summed E-state index contributed by atoms with van der Waals surface area (Å²) in [4.78, 5) is 2.45. The molecular weight excluding hydrogens is 220 g/mol. The fourth-order valence-corrected chi connectivity index (χ4v) is 2.87. The van der Waals surface area contributed by atoms with Crippen LogP contribution in [0, 0.1) is 0 Å². The average Bonchev–Trinajstić information content (AvgIpc) is 2.67. The van der Waals surface area contributed by atoms with Gasteiger partial charge in [0, 0.05) is 24.8 Å². The molecule has 2 N–H and O–H groups in total. The lowest BCUT2D eigenvalue weighted by atomic mass is 10.1. The van der Waals surface area contributed by atoms with Crippen molar-refractivity contribution in [3.63, 3.8) is 0 Å². The zero-order valence-electron chi connectivity index (χ0n) is 11.7. The van der Waals surface area contributed by atoms with E-state index in [1.165, 1.54) is 49.8 Å². The highest BCUT2D eigenvalue weighted by Crippen LogP contribution is 2.26. The van der Waals surface area contributed by atoms with Crippen molar-refractivity contribution >= 4 is 5.69 Å². The normalized spacial score (nSPS) is 19.3. The predicted molar refractivity (Wildman–Crippen MR) is 78.9 cm³/mol. The third-order valence-electron chi connectivity index (χ3n) is 4.20. The second kappa shape index (κ2) is 6.24. The van der Waals surface area contributed by atoms with Gasteiger partial charge in [0.2, 0.25) is 0 Å². The summed E-state index contributed by atoms with van der Waals surface area (Å²) in [6.07, 6.45) is 8.26. The third-order valence-corrected chi connectivity index (χ3v) is 4.20. The molecule has 1 saturated carbocycles. The molecule has 1 aromatic rings. The maximum absolute atomic E-state index is 5.89. The zero-order chi connectivity index (χ0) is 13.0. The molecule has 1 aliphatic rings. The van der Waals surface area contributed by atoms with Crippen LogP contribution in [0.15, 0.2) is 24.3 Å². The number of rotatable bonds is 3. The molecule has 2 rings (SSSR count). The molecule has 1 aliphatic carbocycles. The Bertz CT molecular complexity index is 348. The first-order chi connectivity index (χ1) is 8.68. The summed E-state index contributed by atoms with van der Waals surface area (Å²) in [5.74, 6) is 0. The van der Waals surface area contributed by atoms with E-state index in [9.17, 15) is 0 Å². The first kappa shape index (κ1) is 13.4. The lowest BCUT2D eigenvalue weighted by Gasteiger charge is -2.29. The monoisotopic (exact) mass is 246 g/mol. The molecule has 2 heteroatoms. The van der Waals surface area contributed by atoms with E-state index in [-0.39, 0.29) is 6.04 Å². The predicted octanol–water partition coefficient (Wildman–Crippen LogP) is 3.87. The summed E-state index contributed by atoms with van der Waals surface area (Å²) >= 11 is 0. The summed E-state index contributed by atoms with van der Waals surface area (Å²) in [5.41, 5.74) is 8.43. The minimum atomic E-state index is 0.127. The summed E-state index contributed by atoms with van der Waals surface area (Å²) in [6, 6.07) is 9.59. The Morgan fingerprint density at radius 2 is 1.61 bits per heavy atom.